The van der Waals surface area contributed by atoms with Gasteiger partial charge in [-0.25, -0.2) is 0 Å². The summed E-state index contributed by atoms with van der Waals surface area (Å²) in [7, 11) is 1.73. The number of hydrogen-bond acceptors (Lipinski definition) is 3. The van der Waals surface area contributed by atoms with Gasteiger partial charge in [-0.2, -0.15) is 0 Å². The summed E-state index contributed by atoms with van der Waals surface area (Å²) in [5.41, 5.74) is 1.25. The van der Waals surface area contributed by atoms with E-state index in [1.54, 1.807) is 7.11 Å². The summed E-state index contributed by atoms with van der Waals surface area (Å²) in [4.78, 5) is 2.49. The maximum Gasteiger partial charge on any atom is 0.123 e. The minimum atomic E-state index is 0.393. The van der Waals surface area contributed by atoms with E-state index < -0.39 is 0 Å². The normalized spacial score (nSPS) is 19.0. The maximum absolute atomic E-state index is 5.45. The Kier molecular flexibility index (Phi) is 4.42. The molecule has 1 fully saturated rings. The third kappa shape index (κ3) is 3.00. The van der Waals surface area contributed by atoms with Crippen LogP contribution in [0, 0.1) is 0 Å². The molecule has 0 spiro atoms. The van der Waals surface area contributed by atoms with Crippen LogP contribution in [0.2, 0.25) is 0 Å². The predicted octanol–water partition coefficient (Wildman–Crippen LogP) is 2.42. The summed E-state index contributed by atoms with van der Waals surface area (Å²) >= 11 is 3.53. The van der Waals surface area contributed by atoms with Gasteiger partial charge in [0.2, 0.25) is 0 Å². The highest BCUT2D eigenvalue weighted by Gasteiger charge is 2.20. The minimum Gasteiger partial charge on any atom is -0.496 e. The zero-order valence-corrected chi connectivity index (χ0v) is 12.0. The molecule has 0 aromatic heterocycles. The van der Waals surface area contributed by atoms with E-state index in [9.17, 15) is 0 Å². The van der Waals surface area contributed by atoms with Crippen LogP contribution in [0.3, 0.4) is 0 Å². The van der Waals surface area contributed by atoms with Gasteiger partial charge < -0.3 is 10.1 Å². The molecule has 1 aliphatic rings. The van der Waals surface area contributed by atoms with Crippen LogP contribution < -0.4 is 10.1 Å². The third-order valence-electron chi connectivity index (χ3n) is 3.34. The molecule has 0 saturated carbocycles. The van der Waals surface area contributed by atoms with E-state index in [1.807, 2.05) is 12.1 Å². The second-order valence-corrected chi connectivity index (χ2v) is 5.26. The average molecular weight is 299 g/mol. The average Bonchev–Trinajstić information content (AvgIpc) is 2.39. The first-order chi connectivity index (χ1) is 8.22. The molecule has 2 rings (SSSR count). The van der Waals surface area contributed by atoms with Crippen molar-refractivity contribution >= 4 is 15.9 Å². The molecule has 1 N–H and O–H groups in total. The molecule has 4 heteroatoms. The van der Waals surface area contributed by atoms with Crippen molar-refractivity contribution in [1.29, 1.82) is 0 Å². The van der Waals surface area contributed by atoms with Crippen molar-refractivity contribution in [2.24, 2.45) is 0 Å². The van der Waals surface area contributed by atoms with Gasteiger partial charge in [-0.05, 0) is 25.1 Å². The molecule has 1 heterocycles. The Labute approximate surface area is 111 Å². The quantitative estimate of drug-likeness (QED) is 0.927. The van der Waals surface area contributed by atoms with E-state index in [0.717, 1.165) is 36.4 Å². The molecule has 17 heavy (non-hydrogen) atoms. The van der Waals surface area contributed by atoms with Gasteiger partial charge in [-0.1, -0.05) is 15.9 Å². The standard InChI is InChI=1S/C13H19BrN2O/c1-10(16-7-5-15-6-8-16)12-9-11(14)3-4-13(12)17-2/h3-4,9-10,15H,5-8H2,1-2H3/t10-/m0/s1. The number of methoxy groups -OCH3 is 1. The van der Waals surface area contributed by atoms with E-state index in [4.69, 9.17) is 4.74 Å². The molecule has 94 valence electrons. The fourth-order valence-electron chi connectivity index (χ4n) is 2.30. The minimum absolute atomic E-state index is 0.393. The van der Waals surface area contributed by atoms with Crippen molar-refractivity contribution in [3.05, 3.63) is 28.2 Å². The number of halogens is 1. The lowest BCUT2D eigenvalue weighted by Crippen LogP contribution is -2.44. The molecule has 1 aromatic rings. The van der Waals surface area contributed by atoms with Gasteiger partial charge in [0.05, 0.1) is 7.11 Å². The Morgan fingerprint density at radius 2 is 2.06 bits per heavy atom. The Morgan fingerprint density at radius 3 is 2.71 bits per heavy atom. The van der Waals surface area contributed by atoms with E-state index in [2.05, 4.69) is 39.1 Å². The molecule has 0 unspecified atom stereocenters. The lowest BCUT2D eigenvalue weighted by atomic mass is 10.1. The lowest BCUT2D eigenvalue weighted by Gasteiger charge is -2.33. The number of hydrogen-bond donors (Lipinski definition) is 1. The van der Waals surface area contributed by atoms with Crippen molar-refractivity contribution in [1.82, 2.24) is 10.2 Å². The maximum atomic E-state index is 5.45. The van der Waals surface area contributed by atoms with Crippen molar-refractivity contribution < 1.29 is 4.74 Å². The Morgan fingerprint density at radius 1 is 1.35 bits per heavy atom. The Hall–Kier alpha value is -0.580. The Balaban J connectivity index is 2.21. The number of nitrogens with zero attached hydrogens (tertiary/aromatic N) is 1. The van der Waals surface area contributed by atoms with Gasteiger partial charge in [-0.3, -0.25) is 4.90 Å². The molecule has 0 amide bonds. The van der Waals surface area contributed by atoms with Crippen LogP contribution in [-0.2, 0) is 0 Å². The second-order valence-electron chi connectivity index (χ2n) is 4.35. The van der Waals surface area contributed by atoms with Gasteiger partial charge >= 0.3 is 0 Å². The molecule has 3 nitrogen and oxygen atoms in total. The number of ether oxygens (including phenoxy) is 1. The molecule has 0 radical (unpaired) electrons. The highest BCUT2D eigenvalue weighted by Crippen LogP contribution is 2.31. The van der Waals surface area contributed by atoms with Crippen LogP contribution >= 0.6 is 15.9 Å². The smallest absolute Gasteiger partial charge is 0.123 e. The summed E-state index contributed by atoms with van der Waals surface area (Å²) in [6.07, 6.45) is 0. The summed E-state index contributed by atoms with van der Waals surface area (Å²) in [5, 5.41) is 3.38. The molecule has 0 aliphatic carbocycles. The SMILES string of the molecule is COc1ccc(Br)cc1[C@H](C)N1CCNCC1. The fraction of sp³-hybridized carbons (Fsp3) is 0.538. The Bertz CT molecular complexity index is 378. The summed E-state index contributed by atoms with van der Waals surface area (Å²) < 4.78 is 6.56. The van der Waals surface area contributed by atoms with Crippen LogP contribution in [0.5, 0.6) is 5.75 Å². The van der Waals surface area contributed by atoms with Crippen molar-refractivity contribution in [2.45, 2.75) is 13.0 Å². The van der Waals surface area contributed by atoms with Crippen LogP contribution in [0.1, 0.15) is 18.5 Å². The first kappa shape index (κ1) is 12.9. The van der Waals surface area contributed by atoms with E-state index in [0.29, 0.717) is 6.04 Å². The van der Waals surface area contributed by atoms with Crippen LogP contribution in [-0.4, -0.2) is 38.2 Å². The predicted molar refractivity (Wildman–Crippen MR) is 73.6 cm³/mol. The molecule has 1 saturated heterocycles. The first-order valence-electron chi connectivity index (χ1n) is 6.00. The number of benzene rings is 1. The zero-order valence-electron chi connectivity index (χ0n) is 10.4. The second kappa shape index (κ2) is 5.85. The largest absolute Gasteiger partial charge is 0.496 e. The lowest BCUT2D eigenvalue weighted by molar-refractivity contribution is 0.182. The molecular formula is C13H19BrN2O. The van der Waals surface area contributed by atoms with E-state index in [1.165, 1.54) is 5.56 Å². The highest BCUT2D eigenvalue weighted by atomic mass is 79.9. The van der Waals surface area contributed by atoms with Gasteiger partial charge in [0, 0.05) is 42.3 Å². The van der Waals surface area contributed by atoms with Crippen LogP contribution in [0.25, 0.3) is 0 Å². The number of piperazine rings is 1. The monoisotopic (exact) mass is 298 g/mol. The van der Waals surface area contributed by atoms with Crippen LogP contribution in [0.15, 0.2) is 22.7 Å². The number of rotatable bonds is 3. The topological polar surface area (TPSA) is 24.5 Å². The van der Waals surface area contributed by atoms with E-state index >= 15 is 0 Å². The third-order valence-corrected chi connectivity index (χ3v) is 3.83. The highest BCUT2D eigenvalue weighted by molar-refractivity contribution is 9.10. The first-order valence-corrected chi connectivity index (χ1v) is 6.80. The molecule has 0 bridgehead atoms. The zero-order chi connectivity index (χ0) is 12.3. The van der Waals surface area contributed by atoms with Crippen molar-refractivity contribution in [3.63, 3.8) is 0 Å². The van der Waals surface area contributed by atoms with Gasteiger partial charge in [0.15, 0.2) is 0 Å². The molecule has 1 atom stereocenters. The summed E-state index contributed by atoms with van der Waals surface area (Å²) in [6, 6.07) is 6.60. The molecular weight excluding hydrogens is 280 g/mol. The van der Waals surface area contributed by atoms with Gasteiger partial charge in [0.25, 0.3) is 0 Å². The summed E-state index contributed by atoms with van der Waals surface area (Å²) in [6.45, 7) is 6.57. The number of nitrogens with one attached hydrogen (secondary N) is 1. The van der Waals surface area contributed by atoms with Crippen molar-refractivity contribution in [3.8, 4) is 5.75 Å². The van der Waals surface area contributed by atoms with Gasteiger partial charge in [0.1, 0.15) is 5.75 Å². The molecule has 1 aromatic carbocycles. The van der Waals surface area contributed by atoms with Gasteiger partial charge in [-0.15, -0.1) is 0 Å². The molecule has 1 aliphatic heterocycles. The summed E-state index contributed by atoms with van der Waals surface area (Å²) in [5.74, 6) is 0.972. The van der Waals surface area contributed by atoms with Crippen LogP contribution in [0.4, 0.5) is 0 Å². The fourth-order valence-corrected chi connectivity index (χ4v) is 2.68. The van der Waals surface area contributed by atoms with Crippen molar-refractivity contribution in [2.75, 3.05) is 33.3 Å². The van der Waals surface area contributed by atoms with E-state index in [-0.39, 0.29) is 0 Å².